The van der Waals surface area contributed by atoms with E-state index in [0.717, 1.165) is 30.2 Å². The number of hydrogen-bond donors (Lipinski definition) is 1. The molecule has 0 aliphatic heterocycles. The molecule has 0 radical (unpaired) electrons. The molecular weight excluding hydrogens is 216 g/mol. The molecule has 0 aliphatic rings. The summed E-state index contributed by atoms with van der Waals surface area (Å²) in [6, 6.07) is 10.3. The van der Waals surface area contributed by atoms with Crippen molar-refractivity contribution in [2.45, 2.75) is 19.9 Å². The monoisotopic (exact) mass is 232 g/mol. The highest BCUT2D eigenvalue weighted by Crippen LogP contribution is 2.22. The smallest absolute Gasteiger partial charge is 0.123 e. The molecule has 16 heavy (non-hydrogen) atoms. The lowest BCUT2D eigenvalue weighted by Gasteiger charge is -1.98. The van der Waals surface area contributed by atoms with Crippen molar-refractivity contribution in [3.63, 3.8) is 0 Å². The lowest BCUT2D eigenvalue weighted by atomic mass is 10.2. The highest BCUT2D eigenvalue weighted by Gasteiger charge is 2.03. The lowest BCUT2D eigenvalue weighted by molar-refractivity contribution is 0.667. The summed E-state index contributed by atoms with van der Waals surface area (Å²) in [4.78, 5) is 4.61. The normalized spacial score (nSPS) is 10.6. The van der Waals surface area contributed by atoms with Crippen molar-refractivity contribution in [1.82, 2.24) is 10.3 Å². The Morgan fingerprint density at radius 2 is 2.06 bits per heavy atom. The largest absolute Gasteiger partial charge is 0.311 e. The van der Waals surface area contributed by atoms with E-state index in [1.54, 1.807) is 11.3 Å². The zero-order chi connectivity index (χ0) is 11.2. The minimum absolute atomic E-state index is 0.872. The van der Waals surface area contributed by atoms with E-state index < -0.39 is 0 Å². The van der Waals surface area contributed by atoms with Crippen LogP contribution in [0.15, 0.2) is 35.7 Å². The van der Waals surface area contributed by atoms with Crippen molar-refractivity contribution < 1.29 is 0 Å². The first kappa shape index (κ1) is 11.3. The number of thiazole rings is 1. The fourth-order valence-corrected chi connectivity index (χ4v) is 2.32. The predicted octanol–water partition coefficient (Wildman–Crippen LogP) is 3.31. The van der Waals surface area contributed by atoms with Crippen LogP contribution < -0.4 is 5.32 Å². The zero-order valence-corrected chi connectivity index (χ0v) is 10.3. The van der Waals surface area contributed by atoms with Gasteiger partial charge in [-0.25, -0.2) is 4.98 Å². The number of aromatic nitrogens is 1. The summed E-state index contributed by atoms with van der Waals surface area (Å²) in [6.45, 7) is 4.10. The Labute approximate surface area is 100 Å². The van der Waals surface area contributed by atoms with Gasteiger partial charge in [0.2, 0.25) is 0 Å². The first-order chi connectivity index (χ1) is 7.90. The Balaban J connectivity index is 2.02. The molecule has 84 valence electrons. The van der Waals surface area contributed by atoms with Crippen molar-refractivity contribution in [3.8, 4) is 10.6 Å². The highest BCUT2D eigenvalue weighted by molar-refractivity contribution is 7.13. The maximum absolute atomic E-state index is 4.61. The summed E-state index contributed by atoms with van der Waals surface area (Å²) < 4.78 is 0. The molecule has 1 aromatic carbocycles. The average Bonchev–Trinajstić information content (AvgIpc) is 2.79. The SMILES string of the molecule is CCCNCc1csc(-c2ccccc2)n1. The summed E-state index contributed by atoms with van der Waals surface area (Å²) in [5.74, 6) is 0. The Morgan fingerprint density at radius 3 is 2.81 bits per heavy atom. The van der Waals surface area contributed by atoms with Gasteiger partial charge in [0.1, 0.15) is 5.01 Å². The van der Waals surface area contributed by atoms with E-state index >= 15 is 0 Å². The molecule has 0 spiro atoms. The topological polar surface area (TPSA) is 24.9 Å². The fraction of sp³-hybridized carbons (Fsp3) is 0.308. The molecule has 0 bridgehead atoms. The molecule has 0 unspecified atom stereocenters. The van der Waals surface area contributed by atoms with Crippen LogP contribution in [-0.2, 0) is 6.54 Å². The second kappa shape index (κ2) is 5.77. The highest BCUT2D eigenvalue weighted by atomic mass is 32.1. The first-order valence-corrected chi connectivity index (χ1v) is 6.48. The summed E-state index contributed by atoms with van der Waals surface area (Å²) in [7, 11) is 0. The summed E-state index contributed by atoms with van der Waals surface area (Å²) in [6.07, 6.45) is 1.16. The van der Waals surface area contributed by atoms with Crippen LogP contribution >= 0.6 is 11.3 Å². The van der Waals surface area contributed by atoms with Crippen molar-refractivity contribution in [2.24, 2.45) is 0 Å². The van der Waals surface area contributed by atoms with Gasteiger partial charge in [-0.1, -0.05) is 37.3 Å². The molecule has 0 aliphatic carbocycles. The molecule has 0 saturated carbocycles. The van der Waals surface area contributed by atoms with Crippen LogP contribution in [0.5, 0.6) is 0 Å². The van der Waals surface area contributed by atoms with Gasteiger partial charge >= 0.3 is 0 Å². The molecule has 0 saturated heterocycles. The van der Waals surface area contributed by atoms with Crippen LogP contribution in [0, 0.1) is 0 Å². The second-order valence-corrected chi connectivity index (χ2v) is 4.54. The molecule has 1 heterocycles. The van der Waals surface area contributed by atoms with E-state index in [-0.39, 0.29) is 0 Å². The minimum Gasteiger partial charge on any atom is -0.311 e. The van der Waals surface area contributed by atoms with Gasteiger partial charge in [-0.2, -0.15) is 0 Å². The number of nitrogens with zero attached hydrogens (tertiary/aromatic N) is 1. The molecule has 1 aromatic heterocycles. The van der Waals surface area contributed by atoms with Crippen molar-refractivity contribution in [1.29, 1.82) is 0 Å². The fourth-order valence-electron chi connectivity index (χ4n) is 1.49. The standard InChI is InChI=1S/C13H16N2S/c1-2-8-14-9-12-10-16-13(15-12)11-6-4-3-5-7-11/h3-7,10,14H,2,8-9H2,1H3. The Bertz CT molecular complexity index is 423. The van der Waals surface area contributed by atoms with Crippen molar-refractivity contribution in [3.05, 3.63) is 41.4 Å². The van der Waals surface area contributed by atoms with E-state index in [1.807, 2.05) is 18.2 Å². The molecule has 2 aromatic rings. The maximum Gasteiger partial charge on any atom is 0.123 e. The number of rotatable bonds is 5. The Kier molecular flexibility index (Phi) is 4.08. The van der Waals surface area contributed by atoms with Crippen LogP contribution in [0.2, 0.25) is 0 Å². The van der Waals surface area contributed by atoms with Crippen LogP contribution in [0.4, 0.5) is 0 Å². The van der Waals surface area contributed by atoms with Gasteiger partial charge in [0.15, 0.2) is 0 Å². The number of hydrogen-bond acceptors (Lipinski definition) is 3. The van der Waals surface area contributed by atoms with E-state index in [1.165, 1.54) is 5.56 Å². The summed E-state index contributed by atoms with van der Waals surface area (Å²) in [5, 5.41) is 6.60. The van der Waals surface area contributed by atoms with Gasteiger partial charge in [-0.15, -0.1) is 11.3 Å². The van der Waals surface area contributed by atoms with Crippen molar-refractivity contribution in [2.75, 3.05) is 6.54 Å². The Hall–Kier alpha value is -1.19. The van der Waals surface area contributed by atoms with E-state index in [4.69, 9.17) is 0 Å². The van der Waals surface area contributed by atoms with Crippen molar-refractivity contribution >= 4 is 11.3 Å². The molecule has 3 heteroatoms. The lowest BCUT2D eigenvalue weighted by Crippen LogP contribution is -2.13. The van der Waals surface area contributed by atoms with Gasteiger partial charge in [0, 0.05) is 17.5 Å². The summed E-state index contributed by atoms with van der Waals surface area (Å²) >= 11 is 1.71. The third-order valence-electron chi connectivity index (χ3n) is 2.31. The molecular formula is C13H16N2S. The van der Waals surface area contributed by atoms with E-state index in [2.05, 4.69) is 34.7 Å². The van der Waals surface area contributed by atoms with E-state index in [0.29, 0.717) is 0 Å². The third-order valence-corrected chi connectivity index (χ3v) is 3.25. The number of benzene rings is 1. The average molecular weight is 232 g/mol. The zero-order valence-electron chi connectivity index (χ0n) is 9.44. The minimum atomic E-state index is 0.872. The van der Waals surface area contributed by atoms with Crippen LogP contribution in [-0.4, -0.2) is 11.5 Å². The molecule has 0 fully saturated rings. The van der Waals surface area contributed by atoms with Crippen LogP contribution in [0.3, 0.4) is 0 Å². The second-order valence-electron chi connectivity index (χ2n) is 3.69. The quantitative estimate of drug-likeness (QED) is 0.800. The van der Waals surface area contributed by atoms with Crippen LogP contribution in [0.1, 0.15) is 19.0 Å². The molecule has 0 amide bonds. The van der Waals surface area contributed by atoms with Gasteiger partial charge in [0.25, 0.3) is 0 Å². The molecule has 0 atom stereocenters. The maximum atomic E-state index is 4.61. The van der Waals surface area contributed by atoms with Crippen LogP contribution in [0.25, 0.3) is 10.6 Å². The van der Waals surface area contributed by atoms with Gasteiger partial charge in [-0.3, -0.25) is 0 Å². The summed E-state index contributed by atoms with van der Waals surface area (Å²) in [5.41, 5.74) is 2.34. The van der Waals surface area contributed by atoms with Gasteiger partial charge in [-0.05, 0) is 13.0 Å². The number of nitrogens with one attached hydrogen (secondary N) is 1. The first-order valence-electron chi connectivity index (χ1n) is 5.60. The molecule has 2 rings (SSSR count). The van der Waals surface area contributed by atoms with Gasteiger partial charge < -0.3 is 5.32 Å². The third kappa shape index (κ3) is 2.90. The predicted molar refractivity (Wildman–Crippen MR) is 69.5 cm³/mol. The molecule has 2 nitrogen and oxygen atoms in total. The molecule has 1 N–H and O–H groups in total. The van der Waals surface area contributed by atoms with Gasteiger partial charge in [0.05, 0.1) is 5.69 Å². The van der Waals surface area contributed by atoms with E-state index in [9.17, 15) is 0 Å². The Morgan fingerprint density at radius 1 is 1.25 bits per heavy atom.